The summed E-state index contributed by atoms with van der Waals surface area (Å²) < 4.78 is 0. The molecule has 0 aliphatic carbocycles. The summed E-state index contributed by atoms with van der Waals surface area (Å²) in [5, 5.41) is 15.2. The minimum absolute atomic E-state index is 0.0738. The molecular weight excluding hydrogens is 402 g/mol. The van der Waals surface area contributed by atoms with Gasteiger partial charge >= 0.3 is 0 Å². The molecule has 4 nitrogen and oxygen atoms in total. The normalized spacial score (nSPS) is 10.8. The van der Waals surface area contributed by atoms with Crippen LogP contribution in [0.25, 0.3) is 22.0 Å². The van der Waals surface area contributed by atoms with Gasteiger partial charge in [-0.05, 0) is 40.6 Å². The highest BCUT2D eigenvalue weighted by Crippen LogP contribution is 2.24. The molecule has 3 aromatic carbocycles. The van der Waals surface area contributed by atoms with Crippen molar-refractivity contribution in [3.63, 3.8) is 0 Å². The quantitative estimate of drug-likeness (QED) is 0.427. The Labute approximate surface area is 178 Å². The van der Waals surface area contributed by atoms with Crippen LogP contribution in [0.15, 0.2) is 83.9 Å². The van der Waals surface area contributed by atoms with E-state index in [0.717, 1.165) is 16.8 Å². The molecule has 1 N–H and O–H groups in total. The number of fused-ring (bicyclic) bond motifs is 1. The fraction of sp³-hybridized carbons (Fsp3) is 0.0870. The third-order valence-electron chi connectivity index (χ3n) is 4.47. The number of halogens is 1. The maximum absolute atomic E-state index is 12.1. The standard InChI is InChI=1S/C23H18ClN3OS/c24-20-8-4-3-7-19(20)14-25-22(28)15-29-23-12-11-21(26-27-23)18-10-9-16-5-1-2-6-17(16)13-18/h1-13H,14-15H2,(H,25,28). The molecule has 0 radical (unpaired) electrons. The number of benzene rings is 3. The van der Waals surface area contributed by atoms with Gasteiger partial charge in [0.2, 0.25) is 5.91 Å². The van der Waals surface area contributed by atoms with Gasteiger partial charge in [0.15, 0.2) is 0 Å². The van der Waals surface area contributed by atoms with E-state index in [4.69, 9.17) is 11.6 Å². The zero-order chi connectivity index (χ0) is 20.1. The molecular formula is C23H18ClN3OS. The molecule has 6 heteroatoms. The molecule has 1 heterocycles. The van der Waals surface area contributed by atoms with Crippen LogP contribution in [0.2, 0.25) is 5.02 Å². The SMILES string of the molecule is O=C(CSc1ccc(-c2ccc3ccccc3c2)nn1)NCc1ccccc1Cl. The fourth-order valence-electron chi connectivity index (χ4n) is 2.93. The predicted molar refractivity (Wildman–Crippen MR) is 119 cm³/mol. The maximum Gasteiger partial charge on any atom is 0.230 e. The lowest BCUT2D eigenvalue weighted by molar-refractivity contribution is -0.118. The van der Waals surface area contributed by atoms with Crippen LogP contribution >= 0.6 is 23.4 Å². The van der Waals surface area contributed by atoms with Crippen LogP contribution in [0.3, 0.4) is 0 Å². The summed E-state index contributed by atoms with van der Waals surface area (Å²) >= 11 is 7.46. The number of nitrogens with zero attached hydrogens (tertiary/aromatic N) is 2. The van der Waals surface area contributed by atoms with Gasteiger partial charge in [0, 0.05) is 17.1 Å². The minimum atomic E-state index is -0.0738. The Hall–Kier alpha value is -2.89. The molecule has 1 aromatic heterocycles. The van der Waals surface area contributed by atoms with E-state index < -0.39 is 0 Å². The molecule has 0 saturated heterocycles. The van der Waals surface area contributed by atoms with Crippen molar-refractivity contribution in [2.24, 2.45) is 0 Å². The van der Waals surface area contributed by atoms with Gasteiger partial charge in [-0.15, -0.1) is 10.2 Å². The molecule has 0 unspecified atom stereocenters. The first kappa shape index (κ1) is 19.4. The van der Waals surface area contributed by atoms with Gasteiger partial charge < -0.3 is 5.32 Å². The zero-order valence-corrected chi connectivity index (χ0v) is 17.1. The Kier molecular flexibility index (Phi) is 6.08. The van der Waals surface area contributed by atoms with E-state index in [0.29, 0.717) is 16.6 Å². The second-order valence-corrected chi connectivity index (χ2v) is 7.88. The zero-order valence-electron chi connectivity index (χ0n) is 15.5. The number of nitrogens with one attached hydrogen (secondary N) is 1. The molecule has 0 spiro atoms. The van der Waals surface area contributed by atoms with Gasteiger partial charge in [0.25, 0.3) is 0 Å². The van der Waals surface area contributed by atoms with Crippen molar-refractivity contribution < 1.29 is 4.79 Å². The molecule has 29 heavy (non-hydrogen) atoms. The second-order valence-electron chi connectivity index (χ2n) is 6.48. The average Bonchev–Trinajstić information content (AvgIpc) is 2.77. The van der Waals surface area contributed by atoms with E-state index in [-0.39, 0.29) is 11.7 Å². The van der Waals surface area contributed by atoms with Crippen molar-refractivity contribution in [1.82, 2.24) is 15.5 Å². The van der Waals surface area contributed by atoms with E-state index in [1.165, 1.54) is 22.5 Å². The summed E-state index contributed by atoms with van der Waals surface area (Å²) in [6.45, 7) is 0.408. The monoisotopic (exact) mass is 419 g/mol. The topological polar surface area (TPSA) is 54.9 Å². The number of thioether (sulfide) groups is 1. The number of amides is 1. The molecule has 1 amide bonds. The first-order valence-corrected chi connectivity index (χ1v) is 10.5. The van der Waals surface area contributed by atoms with Gasteiger partial charge in [-0.25, -0.2) is 0 Å². The molecule has 0 bridgehead atoms. The van der Waals surface area contributed by atoms with E-state index in [2.05, 4.69) is 39.8 Å². The van der Waals surface area contributed by atoms with E-state index in [9.17, 15) is 4.79 Å². The van der Waals surface area contributed by atoms with Crippen molar-refractivity contribution >= 4 is 40.0 Å². The van der Waals surface area contributed by atoms with Gasteiger partial charge in [-0.3, -0.25) is 4.79 Å². The van der Waals surface area contributed by atoms with Crippen molar-refractivity contribution in [2.45, 2.75) is 11.6 Å². The third-order valence-corrected chi connectivity index (χ3v) is 5.76. The molecule has 144 valence electrons. The maximum atomic E-state index is 12.1. The highest BCUT2D eigenvalue weighted by atomic mass is 35.5. The number of aromatic nitrogens is 2. The highest BCUT2D eigenvalue weighted by Gasteiger charge is 2.07. The van der Waals surface area contributed by atoms with Crippen LogP contribution < -0.4 is 5.32 Å². The summed E-state index contributed by atoms with van der Waals surface area (Å²) in [5.41, 5.74) is 2.72. The number of hydrogen-bond acceptors (Lipinski definition) is 4. The Morgan fingerprint density at radius 2 is 1.69 bits per heavy atom. The molecule has 4 rings (SSSR count). The molecule has 4 aromatic rings. The lowest BCUT2D eigenvalue weighted by atomic mass is 10.1. The van der Waals surface area contributed by atoms with Crippen molar-refractivity contribution in [2.75, 3.05) is 5.75 Å². The molecule has 0 saturated carbocycles. The molecule has 0 aliphatic rings. The molecule has 0 atom stereocenters. The second kappa shape index (κ2) is 9.07. The Bertz CT molecular complexity index is 1150. The number of carbonyl (C=O) groups excluding carboxylic acids is 1. The van der Waals surface area contributed by atoms with Crippen molar-refractivity contribution in [3.05, 3.63) is 89.4 Å². The summed E-state index contributed by atoms with van der Waals surface area (Å²) in [7, 11) is 0. The van der Waals surface area contributed by atoms with Crippen LogP contribution in [-0.4, -0.2) is 21.9 Å². The summed E-state index contributed by atoms with van der Waals surface area (Å²) in [6, 6.07) is 25.7. The van der Waals surface area contributed by atoms with Gasteiger partial charge in [-0.1, -0.05) is 78.0 Å². The Morgan fingerprint density at radius 1 is 0.897 bits per heavy atom. The number of carbonyl (C=O) groups is 1. The summed E-state index contributed by atoms with van der Waals surface area (Å²) in [5.74, 6) is 0.199. The predicted octanol–water partition coefficient (Wildman–Crippen LogP) is 5.36. The molecule has 0 aliphatic heterocycles. The first-order valence-electron chi connectivity index (χ1n) is 9.15. The number of hydrogen-bond donors (Lipinski definition) is 1. The van der Waals surface area contributed by atoms with Crippen molar-refractivity contribution in [3.8, 4) is 11.3 Å². The fourth-order valence-corrected chi connectivity index (χ4v) is 3.77. The lowest BCUT2D eigenvalue weighted by Gasteiger charge is -2.07. The van der Waals surface area contributed by atoms with Crippen LogP contribution in [-0.2, 0) is 11.3 Å². The van der Waals surface area contributed by atoms with Crippen molar-refractivity contribution in [1.29, 1.82) is 0 Å². The van der Waals surface area contributed by atoms with Crippen LogP contribution in [0, 0.1) is 0 Å². The largest absolute Gasteiger partial charge is 0.351 e. The average molecular weight is 420 g/mol. The van der Waals surface area contributed by atoms with Gasteiger partial charge in [0.05, 0.1) is 11.4 Å². The van der Waals surface area contributed by atoms with Gasteiger partial charge in [0.1, 0.15) is 5.03 Å². The van der Waals surface area contributed by atoms with Crippen LogP contribution in [0.4, 0.5) is 0 Å². The van der Waals surface area contributed by atoms with Crippen LogP contribution in [0.5, 0.6) is 0 Å². The van der Waals surface area contributed by atoms with E-state index in [1.54, 1.807) is 0 Å². The Morgan fingerprint density at radius 3 is 2.48 bits per heavy atom. The summed E-state index contributed by atoms with van der Waals surface area (Å²) in [6.07, 6.45) is 0. The minimum Gasteiger partial charge on any atom is -0.351 e. The third kappa shape index (κ3) is 4.94. The molecule has 0 fully saturated rings. The Balaban J connectivity index is 1.34. The summed E-state index contributed by atoms with van der Waals surface area (Å²) in [4.78, 5) is 12.1. The smallest absolute Gasteiger partial charge is 0.230 e. The van der Waals surface area contributed by atoms with E-state index >= 15 is 0 Å². The van der Waals surface area contributed by atoms with E-state index in [1.807, 2.05) is 54.6 Å². The first-order chi connectivity index (χ1) is 14.2. The van der Waals surface area contributed by atoms with Crippen LogP contribution in [0.1, 0.15) is 5.56 Å². The highest BCUT2D eigenvalue weighted by molar-refractivity contribution is 7.99. The lowest BCUT2D eigenvalue weighted by Crippen LogP contribution is -2.24. The van der Waals surface area contributed by atoms with Gasteiger partial charge in [-0.2, -0.15) is 0 Å². The number of rotatable bonds is 6.